The number of halogens is 1. The molecule has 0 saturated carbocycles. The van der Waals surface area contributed by atoms with Crippen molar-refractivity contribution in [2.24, 2.45) is 15.3 Å². The molecule has 0 bridgehead atoms. The van der Waals surface area contributed by atoms with Gasteiger partial charge in [-0.2, -0.15) is 0 Å². The van der Waals surface area contributed by atoms with E-state index in [1.54, 1.807) is 48.5 Å². The van der Waals surface area contributed by atoms with Crippen molar-refractivity contribution in [2.45, 2.75) is 0 Å². The Kier molecular flexibility index (Phi) is 6.06. The quantitative estimate of drug-likeness (QED) is 0.168. The lowest BCUT2D eigenvalue weighted by atomic mass is 10.2. The van der Waals surface area contributed by atoms with E-state index in [2.05, 4.69) is 20.8 Å². The van der Waals surface area contributed by atoms with Crippen molar-refractivity contribution in [2.75, 3.05) is 0 Å². The number of rotatable bonds is 4. The van der Waals surface area contributed by atoms with Crippen molar-refractivity contribution in [3.8, 4) is 17.2 Å². The lowest BCUT2D eigenvalue weighted by Crippen LogP contribution is -2.19. The highest BCUT2D eigenvalue weighted by atomic mass is 35.5. The maximum Gasteiger partial charge on any atom is 0.271 e. The van der Waals surface area contributed by atoms with E-state index in [1.807, 2.05) is 6.07 Å². The zero-order valence-corrected chi connectivity index (χ0v) is 15.6. The molecule has 0 heterocycles. The SMILES string of the molecule is O=C(N/N=C(/N=Nc1ccccc1Cl)c1ccccc1)c1cc(O)c(O)c(O)c1. The summed E-state index contributed by atoms with van der Waals surface area (Å²) >= 11 is 6.07. The number of aromatic hydroxyl groups is 3. The summed E-state index contributed by atoms with van der Waals surface area (Å²) in [6.07, 6.45) is 0. The maximum atomic E-state index is 12.3. The average Bonchev–Trinajstić information content (AvgIpc) is 2.73. The third-order valence-electron chi connectivity index (χ3n) is 3.73. The molecule has 9 heteroatoms. The fourth-order valence-corrected chi connectivity index (χ4v) is 2.44. The van der Waals surface area contributed by atoms with Crippen LogP contribution in [0.5, 0.6) is 17.2 Å². The van der Waals surface area contributed by atoms with Gasteiger partial charge in [0.05, 0.1) is 5.02 Å². The summed E-state index contributed by atoms with van der Waals surface area (Å²) in [6.45, 7) is 0. The standard InChI is InChI=1S/C20H15ClN4O4/c21-14-8-4-5-9-15(14)22-23-19(12-6-2-1-3-7-12)24-25-20(29)13-10-16(26)18(28)17(27)11-13/h1-11,26-28H,(H,25,29)/b23-22?,24-19+. The van der Waals surface area contributed by atoms with Gasteiger partial charge in [-0.05, 0) is 24.3 Å². The zero-order chi connectivity index (χ0) is 20.8. The minimum Gasteiger partial charge on any atom is -0.504 e. The van der Waals surface area contributed by atoms with Crippen molar-refractivity contribution in [1.82, 2.24) is 5.43 Å². The Bertz CT molecular complexity index is 1080. The normalized spacial score (nSPS) is 11.6. The topological polar surface area (TPSA) is 127 Å². The van der Waals surface area contributed by atoms with Crippen molar-refractivity contribution in [3.63, 3.8) is 0 Å². The Hall–Kier alpha value is -3.91. The van der Waals surface area contributed by atoms with Gasteiger partial charge in [0.1, 0.15) is 5.69 Å². The number of carbonyl (C=O) groups excluding carboxylic acids is 1. The fourth-order valence-electron chi connectivity index (χ4n) is 2.27. The molecule has 4 N–H and O–H groups in total. The van der Waals surface area contributed by atoms with Crippen LogP contribution >= 0.6 is 11.6 Å². The van der Waals surface area contributed by atoms with Gasteiger partial charge in [-0.1, -0.05) is 54.1 Å². The Morgan fingerprint density at radius 1 is 0.862 bits per heavy atom. The first kappa shape index (κ1) is 19.8. The molecule has 0 fully saturated rings. The highest BCUT2D eigenvalue weighted by Gasteiger charge is 2.14. The van der Waals surface area contributed by atoms with Crippen molar-refractivity contribution in [1.29, 1.82) is 0 Å². The predicted octanol–water partition coefficient (Wildman–Crippen LogP) is 4.33. The molecule has 3 aromatic rings. The fraction of sp³-hybridized carbons (Fsp3) is 0. The zero-order valence-electron chi connectivity index (χ0n) is 14.8. The number of nitrogens with zero attached hydrogens (tertiary/aromatic N) is 3. The van der Waals surface area contributed by atoms with Crippen molar-refractivity contribution < 1.29 is 20.1 Å². The van der Waals surface area contributed by atoms with Crippen LogP contribution < -0.4 is 5.43 Å². The van der Waals surface area contributed by atoms with Crippen molar-refractivity contribution in [3.05, 3.63) is 82.9 Å². The summed E-state index contributed by atoms with van der Waals surface area (Å²) in [5, 5.41) is 41.0. The van der Waals surface area contributed by atoms with E-state index in [0.717, 1.165) is 12.1 Å². The predicted molar refractivity (Wildman–Crippen MR) is 108 cm³/mol. The van der Waals surface area contributed by atoms with Gasteiger partial charge in [-0.25, -0.2) is 5.43 Å². The molecule has 3 rings (SSSR count). The third kappa shape index (κ3) is 4.88. The molecule has 0 atom stereocenters. The van der Waals surface area contributed by atoms with Crippen LogP contribution in [-0.4, -0.2) is 27.1 Å². The van der Waals surface area contributed by atoms with E-state index in [1.165, 1.54) is 0 Å². The molecule has 0 unspecified atom stereocenters. The van der Waals surface area contributed by atoms with E-state index in [4.69, 9.17) is 11.6 Å². The number of hydrazone groups is 1. The third-order valence-corrected chi connectivity index (χ3v) is 4.05. The van der Waals surface area contributed by atoms with Crippen LogP contribution in [0.15, 0.2) is 82.1 Å². The molecular weight excluding hydrogens is 396 g/mol. The van der Waals surface area contributed by atoms with Crippen LogP contribution in [-0.2, 0) is 0 Å². The molecule has 0 aliphatic heterocycles. The largest absolute Gasteiger partial charge is 0.504 e. The maximum absolute atomic E-state index is 12.3. The second kappa shape index (κ2) is 8.85. The number of phenols is 3. The molecule has 0 aromatic heterocycles. The number of amidine groups is 1. The van der Waals surface area contributed by atoms with Gasteiger partial charge >= 0.3 is 0 Å². The first-order valence-corrected chi connectivity index (χ1v) is 8.68. The number of phenolic OH excluding ortho intramolecular Hbond substituents is 3. The van der Waals surface area contributed by atoms with Crippen LogP contribution in [0.25, 0.3) is 0 Å². The molecule has 29 heavy (non-hydrogen) atoms. The highest BCUT2D eigenvalue weighted by Crippen LogP contribution is 2.35. The summed E-state index contributed by atoms with van der Waals surface area (Å²) < 4.78 is 0. The first-order valence-electron chi connectivity index (χ1n) is 8.30. The van der Waals surface area contributed by atoms with Crippen LogP contribution in [0.4, 0.5) is 5.69 Å². The van der Waals surface area contributed by atoms with Crippen LogP contribution in [0, 0.1) is 0 Å². The van der Waals surface area contributed by atoms with Crippen molar-refractivity contribution >= 4 is 29.0 Å². The van der Waals surface area contributed by atoms with Gasteiger partial charge in [0.25, 0.3) is 5.91 Å². The molecule has 8 nitrogen and oxygen atoms in total. The second-order valence-electron chi connectivity index (χ2n) is 5.76. The number of hydrogen-bond acceptors (Lipinski definition) is 6. The Morgan fingerprint density at radius 2 is 1.48 bits per heavy atom. The van der Waals surface area contributed by atoms with E-state index >= 15 is 0 Å². The Balaban J connectivity index is 1.89. The molecule has 1 amide bonds. The van der Waals surface area contributed by atoms with Gasteiger partial charge in [-0.3, -0.25) is 4.79 Å². The summed E-state index contributed by atoms with van der Waals surface area (Å²) in [5.41, 5.74) is 3.18. The van der Waals surface area contributed by atoms with E-state index < -0.39 is 23.2 Å². The monoisotopic (exact) mass is 410 g/mol. The number of carbonyl (C=O) groups is 1. The minimum atomic E-state index is -0.739. The molecule has 0 radical (unpaired) electrons. The van der Waals surface area contributed by atoms with Gasteiger partial charge in [0.15, 0.2) is 17.2 Å². The molecular formula is C20H15ClN4O4. The van der Waals surface area contributed by atoms with Gasteiger partial charge in [0, 0.05) is 11.1 Å². The van der Waals surface area contributed by atoms with E-state index in [0.29, 0.717) is 16.3 Å². The summed E-state index contributed by atoms with van der Waals surface area (Å²) in [4.78, 5) is 12.3. The number of nitrogens with one attached hydrogen (secondary N) is 1. The summed E-state index contributed by atoms with van der Waals surface area (Å²) in [7, 11) is 0. The molecule has 0 aliphatic carbocycles. The summed E-state index contributed by atoms with van der Waals surface area (Å²) in [6, 6.07) is 17.7. The second-order valence-corrected chi connectivity index (χ2v) is 6.16. The number of amides is 1. The average molecular weight is 411 g/mol. The lowest BCUT2D eigenvalue weighted by molar-refractivity contribution is 0.0954. The number of azo groups is 1. The van der Waals surface area contributed by atoms with E-state index in [9.17, 15) is 20.1 Å². The Morgan fingerprint density at radius 3 is 2.14 bits per heavy atom. The molecule has 3 aromatic carbocycles. The first-order chi connectivity index (χ1) is 14.0. The van der Waals surface area contributed by atoms with E-state index in [-0.39, 0.29) is 11.4 Å². The molecule has 0 spiro atoms. The van der Waals surface area contributed by atoms with Gasteiger partial charge in [0.2, 0.25) is 5.84 Å². The van der Waals surface area contributed by atoms with Gasteiger partial charge < -0.3 is 15.3 Å². The van der Waals surface area contributed by atoms with Gasteiger partial charge in [-0.15, -0.1) is 15.3 Å². The Labute approximate surface area is 170 Å². The lowest BCUT2D eigenvalue weighted by Gasteiger charge is -2.06. The minimum absolute atomic E-state index is 0.103. The smallest absolute Gasteiger partial charge is 0.271 e. The highest BCUT2D eigenvalue weighted by molar-refractivity contribution is 6.32. The van der Waals surface area contributed by atoms with Crippen LogP contribution in [0.3, 0.4) is 0 Å². The van der Waals surface area contributed by atoms with Crippen LogP contribution in [0.2, 0.25) is 5.02 Å². The molecule has 0 aliphatic rings. The molecule has 0 saturated heterocycles. The number of benzene rings is 3. The summed E-state index contributed by atoms with van der Waals surface area (Å²) in [5.74, 6) is -2.63. The number of hydrogen-bond donors (Lipinski definition) is 4. The van der Waals surface area contributed by atoms with Crippen LogP contribution in [0.1, 0.15) is 15.9 Å². The molecule has 146 valence electrons.